The second-order valence-electron chi connectivity index (χ2n) is 6.16. The van der Waals surface area contributed by atoms with Gasteiger partial charge in [-0.2, -0.15) is 0 Å². The molecule has 1 saturated carbocycles. The van der Waals surface area contributed by atoms with Crippen LogP contribution in [0, 0.1) is 11.8 Å². The van der Waals surface area contributed by atoms with Gasteiger partial charge in [0.2, 0.25) is 5.91 Å². The van der Waals surface area contributed by atoms with Gasteiger partial charge in [-0.25, -0.2) is 8.42 Å². The number of nitrogens with zero attached hydrogens (tertiary/aromatic N) is 1. The maximum Gasteiger partial charge on any atom is 0.243 e. The SMILES string of the molecule is CC(C)(C(=O)N1CC2CCC(N)C2C1)S(C)(=O)=O. The summed E-state index contributed by atoms with van der Waals surface area (Å²) in [6, 6.07) is 0.161. The van der Waals surface area contributed by atoms with Crippen molar-refractivity contribution in [2.75, 3.05) is 19.3 Å². The Balaban J connectivity index is 2.14. The van der Waals surface area contributed by atoms with Crippen LogP contribution in [0.4, 0.5) is 0 Å². The Hall–Kier alpha value is -0.620. The maximum atomic E-state index is 12.4. The molecule has 1 saturated heterocycles. The molecule has 18 heavy (non-hydrogen) atoms. The summed E-state index contributed by atoms with van der Waals surface area (Å²) in [4.78, 5) is 14.0. The van der Waals surface area contributed by atoms with Gasteiger partial charge in [0.1, 0.15) is 4.75 Å². The van der Waals surface area contributed by atoms with E-state index in [1.54, 1.807) is 4.90 Å². The zero-order valence-electron chi connectivity index (χ0n) is 11.2. The maximum absolute atomic E-state index is 12.4. The fourth-order valence-corrected chi connectivity index (χ4v) is 3.46. The van der Waals surface area contributed by atoms with Gasteiger partial charge in [0.25, 0.3) is 0 Å². The highest BCUT2D eigenvalue weighted by atomic mass is 32.2. The molecule has 5 nitrogen and oxygen atoms in total. The largest absolute Gasteiger partial charge is 0.341 e. The predicted octanol–water partition coefficient (Wildman–Crippen LogP) is 0.00530. The number of likely N-dealkylation sites (tertiary alicyclic amines) is 1. The lowest BCUT2D eigenvalue weighted by Gasteiger charge is -2.28. The van der Waals surface area contributed by atoms with Crippen molar-refractivity contribution in [1.29, 1.82) is 0 Å². The minimum atomic E-state index is -3.40. The molecule has 0 aromatic carbocycles. The Labute approximate surface area is 109 Å². The first kappa shape index (κ1) is 13.8. The zero-order chi connectivity index (χ0) is 13.7. The molecule has 2 rings (SSSR count). The van der Waals surface area contributed by atoms with Gasteiger partial charge in [0.05, 0.1) is 0 Å². The Morgan fingerprint density at radius 1 is 1.28 bits per heavy atom. The number of rotatable bonds is 2. The lowest BCUT2D eigenvalue weighted by Crippen LogP contribution is -2.49. The van der Waals surface area contributed by atoms with Crippen LogP contribution in [0.1, 0.15) is 26.7 Å². The summed E-state index contributed by atoms with van der Waals surface area (Å²) in [5, 5.41) is 0. The van der Waals surface area contributed by atoms with E-state index in [0.29, 0.717) is 24.9 Å². The number of nitrogens with two attached hydrogens (primary N) is 1. The van der Waals surface area contributed by atoms with Crippen LogP contribution in [-0.2, 0) is 14.6 Å². The molecule has 3 atom stereocenters. The van der Waals surface area contributed by atoms with Crippen LogP contribution in [-0.4, -0.2) is 49.4 Å². The van der Waals surface area contributed by atoms with Crippen molar-refractivity contribution < 1.29 is 13.2 Å². The van der Waals surface area contributed by atoms with Gasteiger partial charge < -0.3 is 10.6 Å². The first-order chi connectivity index (χ1) is 8.14. The lowest BCUT2D eigenvalue weighted by atomic mass is 9.98. The molecule has 1 aliphatic carbocycles. The van der Waals surface area contributed by atoms with Gasteiger partial charge in [-0.05, 0) is 38.5 Å². The standard InChI is InChI=1S/C12H22N2O3S/c1-12(2,18(3,16)17)11(15)14-6-8-4-5-10(13)9(8)7-14/h8-10H,4-7,13H2,1-3H3. The molecule has 104 valence electrons. The van der Waals surface area contributed by atoms with Gasteiger partial charge in [-0.3, -0.25) is 4.79 Å². The first-order valence-corrected chi connectivity index (χ1v) is 8.28. The fraction of sp³-hybridized carbons (Fsp3) is 0.917. The molecule has 0 aromatic heterocycles. The average molecular weight is 274 g/mol. The number of fused-ring (bicyclic) bond motifs is 1. The van der Waals surface area contributed by atoms with Crippen LogP contribution in [0.5, 0.6) is 0 Å². The summed E-state index contributed by atoms with van der Waals surface area (Å²) in [6.07, 6.45) is 3.19. The topological polar surface area (TPSA) is 80.5 Å². The van der Waals surface area contributed by atoms with Crippen LogP contribution in [0.3, 0.4) is 0 Å². The van der Waals surface area contributed by atoms with Crippen molar-refractivity contribution in [3.05, 3.63) is 0 Å². The summed E-state index contributed by atoms with van der Waals surface area (Å²) < 4.78 is 22.0. The monoisotopic (exact) mass is 274 g/mol. The molecule has 0 radical (unpaired) electrons. The molecule has 6 heteroatoms. The lowest BCUT2D eigenvalue weighted by molar-refractivity contribution is -0.132. The molecule has 1 heterocycles. The molecule has 0 bridgehead atoms. The molecule has 0 aromatic rings. The van der Waals surface area contributed by atoms with Crippen LogP contribution in [0.25, 0.3) is 0 Å². The molecule has 2 aliphatic rings. The number of carbonyl (C=O) groups excluding carboxylic acids is 1. The van der Waals surface area contributed by atoms with Crippen molar-refractivity contribution >= 4 is 15.7 Å². The molecular formula is C12H22N2O3S. The summed E-state index contributed by atoms with van der Waals surface area (Å²) in [5.74, 6) is 0.523. The number of hydrogen-bond acceptors (Lipinski definition) is 4. The van der Waals surface area contributed by atoms with Crippen molar-refractivity contribution in [1.82, 2.24) is 4.90 Å². The third kappa shape index (κ3) is 2.05. The molecule has 2 N–H and O–H groups in total. The predicted molar refractivity (Wildman–Crippen MR) is 69.7 cm³/mol. The Morgan fingerprint density at radius 3 is 2.39 bits per heavy atom. The van der Waals surface area contributed by atoms with Crippen LogP contribution < -0.4 is 5.73 Å². The van der Waals surface area contributed by atoms with E-state index >= 15 is 0 Å². The summed E-state index contributed by atoms with van der Waals surface area (Å²) in [5.41, 5.74) is 6.02. The van der Waals surface area contributed by atoms with Gasteiger partial charge in [0.15, 0.2) is 9.84 Å². The first-order valence-electron chi connectivity index (χ1n) is 6.39. The number of hydrogen-bond donors (Lipinski definition) is 1. The van der Waals surface area contributed by atoms with Crippen LogP contribution in [0.15, 0.2) is 0 Å². The number of carbonyl (C=O) groups is 1. The molecule has 2 fully saturated rings. The van der Waals surface area contributed by atoms with E-state index in [4.69, 9.17) is 5.73 Å². The zero-order valence-corrected chi connectivity index (χ0v) is 12.0. The van der Waals surface area contributed by atoms with Crippen molar-refractivity contribution in [3.8, 4) is 0 Å². The summed E-state index contributed by atoms with van der Waals surface area (Å²) in [6.45, 7) is 4.25. The minimum absolute atomic E-state index is 0.161. The van der Waals surface area contributed by atoms with E-state index < -0.39 is 14.6 Å². The summed E-state index contributed by atoms with van der Waals surface area (Å²) >= 11 is 0. The van der Waals surface area contributed by atoms with Crippen molar-refractivity contribution in [3.63, 3.8) is 0 Å². The Bertz CT molecular complexity index is 458. The van der Waals surface area contributed by atoms with Gasteiger partial charge in [-0.15, -0.1) is 0 Å². The second kappa shape index (κ2) is 4.20. The van der Waals surface area contributed by atoms with E-state index in [2.05, 4.69) is 0 Å². The van der Waals surface area contributed by atoms with E-state index in [1.165, 1.54) is 13.8 Å². The molecule has 0 spiro atoms. The smallest absolute Gasteiger partial charge is 0.243 e. The summed E-state index contributed by atoms with van der Waals surface area (Å²) in [7, 11) is -3.40. The Morgan fingerprint density at radius 2 is 1.89 bits per heavy atom. The van der Waals surface area contributed by atoms with E-state index in [1.807, 2.05) is 0 Å². The quantitative estimate of drug-likeness (QED) is 0.769. The molecule has 1 amide bonds. The fourth-order valence-electron chi connectivity index (χ4n) is 3.01. The molecule has 1 aliphatic heterocycles. The number of amides is 1. The highest BCUT2D eigenvalue weighted by Gasteiger charge is 2.48. The highest BCUT2D eigenvalue weighted by molar-refractivity contribution is 7.92. The third-order valence-electron chi connectivity index (χ3n) is 4.64. The van der Waals surface area contributed by atoms with Gasteiger partial charge in [-0.1, -0.05) is 0 Å². The van der Waals surface area contributed by atoms with E-state index in [-0.39, 0.29) is 11.9 Å². The van der Waals surface area contributed by atoms with Gasteiger partial charge >= 0.3 is 0 Å². The van der Waals surface area contributed by atoms with Gasteiger partial charge in [0, 0.05) is 25.4 Å². The van der Waals surface area contributed by atoms with Crippen molar-refractivity contribution in [2.24, 2.45) is 17.6 Å². The normalized spacial score (nSPS) is 32.7. The van der Waals surface area contributed by atoms with Crippen LogP contribution >= 0.6 is 0 Å². The average Bonchev–Trinajstić information content (AvgIpc) is 2.78. The minimum Gasteiger partial charge on any atom is -0.341 e. The molecule has 3 unspecified atom stereocenters. The number of sulfone groups is 1. The van der Waals surface area contributed by atoms with Crippen molar-refractivity contribution in [2.45, 2.75) is 37.5 Å². The third-order valence-corrected chi connectivity index (χ3v) is 6.67. The second-order valence-corrected chi connectivity index (χ2v) is 8.72. The molecular weight excluding hydrogens is 252 g/mol. The van der Waals surface area contributed by atoms with E-state index in [0.717, 1.165) is 19.1 Å². The van der Waals surface area contributed by atoms with Crippen LogP contribution in [0.2, 0.25) is 0 Å². The van der Waals surface area contributed by atoms with E-state index in [9.17, 15) is 13.2 Å². The highest BCUT2D eigenvalue weighted by Crippen LogP contribution is 2.38. The Kier molecular flexibility index (Phi) is 3.22.